The van der Waals surface area contributed by atoms with Gasteiger partial charge >= 0.3 is 0 Å². The largest absolute Gasteiger partial charge is 0.467 e. The number of nitrogens with zero attached hydrogens (tertiary/aromatic N) is 2. The van der Waals surface area contributed by atoms with Crippen molar-refractivity contribution in [1.82, 2.24) is 4.98 Å². The van der Waals surface area contributed by atoms with Gasteiger partial charge in [-0.25, -0.2) is 4.98 Å². The van der Waals surface area contributed by atoms with Crippen molar-refractivity contribution in [3.63, 3.8) is 0 Å². The van der Waals surface area contributed by atoms with Crippen molar-refractivity contribution in [1.29, 1.82) is 0 Å². The Labute approximate surface area is 110 Å². The highest BCUT2D eigenvalue weighted by Crippen LogP contribution is 2.22. The Balaban J connectivity index is 2.23. The molecule has 2 rings (SSSR count). The number of rotatable bonds is 4. The average Bonchev–Trinajstić information content (AvgIpc) is 2.79. The third-order valence-electron chi connectivity index (χ3n) is 2.63. The second-order valence-electron chi connectivity index (χ2n) is 3.89. The van der Waals surface area contributed by atoms with Crippen LogP contribution in [0.15, 0.2) is 39.5 Å². The lowest BCUT2D eigenvalue weighted by molar-refractivity contribution is 0.502. The van der Waals surface area contributed by atoms with Gasteiger partial charge in [-0.1, -0.05) is 0 Å². The van der Waals surface area contributed by atoms with Crippen molar-refractivity contribution in [2.45, 2.75) is 20.4 Å². The van der Waals surface area contributed by atoms with Crippen molar-refractivity contribution in [3.05, 3.63) is 46.5 Å². The zero-order valence-corrected chi connectivity index (χ0v) is 11.6. The summed E-state index contributed by atoms with van der Waals surface area (Å²) in [5.41, 5.74) is 1.16. The SMILES string of the molecule is CCN(Cc1ccco1)c1ncc(Br)cc1C. The molecular formula is C13H15BrN2O. The van der Waals surface area contributed by atoms with E-state index < -0.39 is 0 Å². The smallest absolute Gasteiger partial charge is 0.131 e. The lowest BCUT2D eigenvalue weighted by Gasteiger charge is -2.22. The minimum absolute atomic E-state index is 0.749. The molecule has 3 nitrogen and oxygen atoms in total. The topological polar surface area (TPSA) is 29.3 Å². The molecule has 0 amide bonds. The molecule has 0 saturated carbocycles. The summed E-state index contributed by atoms with van der Waals surface area (Å²) in [4.78, 5) is 6.66. The van der Waals surface area contributed by atoms with Gasteiger partial charge in [0.2, 0.25) is 0 Å². The molecule has 0 atom stereocenters. The van der Waals surface area contributed by atoms with Gasteiger partial charge < -0.3 is 9.32 Å². The summed E-state index contributed by atoms with van der Waals surface area (Å²) in [5, 5.41) is 0. The van der Waals surface area contributed by atoms with Crippen LogP contribution in [0.2, 0.25) is 0 Å². The molecule has 0 spiro atoms. The Morgan fingerprint density at radius 1 is 1.47 bits per heavy atom. The standard InChI is InChI=1S/C13H15BrN2O/c1-3-16(9-12-5-4-6-17-12)13-10(2)7-11(14)8-15-13/h4-8H,3,9H2,1-2H3. The third kappa shape index (κ3) is 2.88. The Morgan fingerprint density at radius 3 is 2.88 bits per heavy atom. The van der Waals surface area contributed by atoms with E-state index in [1.54, 1.807) is 6.26 Å². The monoisotopic (exact) mass is 294 g/mol. The fourth-order valence-electron chi connectivity index (χ4n) is 1.79. The minimum Gasteiger partial charge on any atom is -0.467 e. The van der Waals surface area contributed by atoms with Gasteiger partial charge in [-0.2, -0.15) is 0 Å². The summed E-state index contributed by atoms with van der Waals surface area (Å²) >= 11 is 3.43. The highest BCUT2D eigenvalue weighted by atomic mass is 79.9. The lowest BCUT2D eigenvalue weighted by Crippen LogP contribution is -2.23. The summed E-state index contributed by atoms with van der Waals surface area (Å²) in [6.45, 7) is 5.83. The molecule has 0 aliphatic heterocycles. The number of hydrogen-bond donors (Lipinski definition) is 0. The van der Waals surface area contributed by atoms with E-state index >= 15 is 0 Å². The van der Waals surface area contributed by atoms with Crippen molar-refractivity contribution >= 4 is 21.7 Å². The molecule has 0 unspecified atom stereocenters. The first-order chi connectivity index (χ1) is 8.20. The number of furan rings is 1. The Kier molecular flexibility index (Phi) is 3.84. The summed E-state index contributed by atoms with van der Waals surface area (Å²) in [5.74, 6) is 1.96. The second kappa shape index (κ2) is 5.36. The maximum absolute atomic E-state index is 5.37. The Morgan fingerprint density at radius 2 is 2.29 bits per heavy atom. The first kappa shape index (κ1) is 12.2. The molecule has 0 aliphatic rings. The molecule has 0 N–H and O–H groups in total. The van der Waals surface area contributed by atoms with Crippen LogP contribution in [0.5, 0.6) is 0 Å². The van der Waals surface area contributed by atoms with Crippen LogP contribution in [-0.2, 0) is 6.54 Å². The molecule has 2 aromatic rings. The fourth-order valence-corrected chi connectivity index (χ4v) is 2.24. The van der Waals surface area contributed by atoms with E-state index in [1.807, 2.05) is 18.3 Å². The Bertz CT molecular complexity index is 482. The van der Waals surface area contributed by atoms with Crippen LogP contribution < -0.4 is 4.90 Å². The van der Waals surface area contributed by atoms with Gasteiger partial charge in [-0.15, -0.1) is 0 Å². The van der Waals surface area contributed by atoms with Crippen LogP contribution in [0.3, 0.4) is 0 Å². The van der Waals surface area contributed by atoms with Gasteiger partial charge in [0.1, 0.15) is 11.6 Å². The van der Waals surface area contributed by atoms with Gasteiger partial charge in [0.25, 0.3) is 0 Å². The zero-order valence-electron chi connectivity index (χ0n) is 9.98. The average molecular weight is 295 g/mol. The summed E-state index contributed by atoms with van der Waals surface area (Å²) < 4.78 is 6.38. The van der Waals surface area contributed by atoms with Gasteiger partial charge in [-0.05, 0) is 53.5 Å². The molecule has 0 radical (unpaired) electrons. The number of hydrogen-bond acceptors (Lipinski definition) is 3. The van der Waals surface area contributed by atoms with Gasteiger partial charge in [-0.3, -0.25) is 0 Å². The second-order valence-corrected chi connectivity index (χ2v) is 4.80. The molecule has 2 heterocycles. The van der Waals surface area contributed by atoms with Crippen LogP contribution in [0.4, 0.5) is 5.82 Å². The Hall–Kier alpha value is -1.29. The number of pyridine rings is 1. The van der Waals surface area contributed by atoms with Crippen LogP contribution in [-0.4, -0.2) is 11.5 Å². The van der Waals surface area contributed by atoms with Crippen molar-refractivity contribution in [2.24, 2.45) is 0 Å². The third-order valence-corrected chi connectivity index (χ3v) is 3.06. The number of anilines is 1. The molecule has 0 aromatic carbocycles. The molecular weight excluding hydrogens is 280 g/mol. The first-order valence-electron chi connectivity index (χ1n) is 5.60. The summed E-state index contributed by atoms with van der Waals surface area (Å²) in [7, 11) is 0. The molecule has 0 fully saturated rings. The van der Waals surface area contributed by atoms with E-state index in [0.717, 1.165) is 34.7 Å². The van der Waals surface area contributed by atoms with E-state index in [1.165, 1.54) is 0 Å². The highest BCUT2D eigenvalue weighted by Gasteiger charge is 2.11. The van der Waals surface area contributed by atoms with E-state index in [9.17, 15) is 0 Å². The van der Waals surface area contributed by atoms with Crippen molar-refractivity contribution in [3.8, 4) is 0 Å². The van der Waals surface area contributed by atoms with E-state index in [4.69, 9.17) is 4.42 Å². The molecule has 0 aliphatic carbocycles. The number of halogens is 1. The summed E-state index contributed by atoms with van der Waals surface area (Å²) in [6, 6.07) is 5.97. The number of aryl methyl sites for hydroxylation is 1. The quantitative estimate of drug-likeness (QED) is 0.859. The molecule has 2 aromatic heterocycles. The van der Waals surface area contributed by atoms with Crippen molar-refractivity contribution < 1.29 is 4.42 Å². The van der Waals surface area contributed by atoms with E-state index in [0.29, 0.717) is 0 Å². The normalized spacial score (nSPS) is 10.5. The van der Waals surface area contributed by atoms with Gasteiger partial charge in [0, 0.05) is 17.2 Å². The van der Waals surface area contributed by atoms with Crippen LogP contribution in [0.25, 0.3) is 0 Å². The van der Waals surface area contributed by atoms with Crippen molar-refractivity contribution in [2.75, 3.05) is 11.4 Å². The maximum atomic E-state index is 5.37. The summed E-state index contributed by atoms with van der Waals surface area (Å²) in [6.07, 6.45) is 3.53. The molecule has 0 bridgehead atoms. The first-order valence-corrected chi connectivity index (χ1v) is 6.39. The van der Waals surface area contributed by atoms with E-state index in [-0.39, 0.29) is 0 Å². The fraction of sp³-hybridized carbons (Fsp3) is 0.308. The molecule has 90 valence electrons. The molecule has 0 saturated heterocycles. The highest BCUT2D eigenvalue weighted by molar-refractivity contribution is 9.10. The maximum Gasteiger partial charge on any atom is 0.131 e. The lowest BCUT2D eigenvalue weighted by atomic mass is 10.2. The van der Waals surface area contributed by atoms with Crippen LogP contribution in [0, 0.1) is 6.92 Å². The predicted octanol–water partition coefficient (Wildman–Crippen LogP) is 3.77. The predicted molar refractivity (Wildman–Crippen MR) is 72.1 cm³/mol. The molecule has 4 heteroatoms. The van der Waals surface area contributed by atoms with Gasteiger partial charge in [0.15, 0.2) is 0 Å². The van der Waals surface area contributed by atoms with E-state index in [2.05, 4.69) is 45.7 Å². The molecule has 17 heavy (non-hydrogen) atoms. The van der Waals surface area contributed by atoms with Crippen LogP contribution in [0.1, 0.15) is 18.2 Å². The zero-order chi connectivity index (χ0) is 12.3. The minimum atomic E-state index is 0.749. The van der Waals surface area contributed by atoms with Gasteiger partial charge in [0.05, 0.1) is 12.8 Å². The van der Waals surface area contributed by atoms with Crippen LogP contribution >= 0.6 is 15.9 Å². The number of aromatic nitrogens is 1.